The number of nitrogens with two attached hydrogens (primary N) is 1. The summed E-state index contributed by atoms with van der Waals surface area (Å²) in [5.74, 6) is 0.384. The highest BCUT2D eigenvalue weighted by molar-refractivity contribution is 5.80. The fourth-order valence-electron chi connectivity index (χ4n) is 3.73. The zero-order valence-electron chi connectivity index (χ0n) is 15.0. The molecule has 3 aromatic rings. The molecule has 1 spiro atoms. The van der Waals surface area contributed by atoms with Crippen LogP contribution in [0.25, 0.3) is 22.3 Å². The minimum Gasteiger partial charge on any atom is -0.353 e. The quantitative estimate of drug-likeness (QED) is 0.742. The smallest absolute Gasteiger partial charge is 0.132 e. The van der Waals surface area contributed by atoms with Crippen LogP contribution in [0.2, 0.25) is 0 Å². The Bertz CT molecular complexity index is 1020. The Morgan fingerprint density at radius 3 is 2.85 bits per heavy atom. The lowest BCUT2D eigenvalue weighted by Gasteiger charge is -2.35. The van der Waals surface area contributed by atoms with Crippen LogP contribution >= 0.6 is 0 Å². The lowest BCUT2D eigenvalue weighted by Crippen LogP contribution is -2.52. The summed E-state index contributed by atoms with van der Waals surface area (Å²) in [6.45, 7) is 2.96. The summed E-state index contributed by atoms with van der Waals surface area (Å²) >= 11 is 0. The van der Waals surface area contributed by atoms with E-state index in [1.165, 1.54) is 25.0 Å². The van der Waals surface area contributed by atoms with Crippen molar-refractivity contribution in [3.63, 3.8) is 0 Å². The third kappa shape index (κ3) is 3.13. The van der Waals surface area contributed by atoms with E-state index in [2.05, 4.69) is 20.2 Å². The number of hydrogen-bond acceptors (Lipinski definition) is 6. The second-order valence-corrected chi connectivity index (χ2v) is 7.43. The predicted octanol–water partition coefficient (Wildman–Crippen LogP) is 2.23. The molecule has 27 heavy (non-hydrogen) atoms. The van der Waals surface area contributed by atoms with Gasteiger partial charge in [0.25, 0.3) is 0 Å². The molecule has 0 unspecified atom stereocenters. The maximum absolute atomic E-state index is 14.4. The lowest BCUT2D eigenvalue weighted by atomic mass is 10.1. The molecule has 0 amide bonds. The molecule has 2 fully saturated rings. The van der Waals surface area contributed by atoms with Gasteiger partial charge in [-0.25, -0.2) is 14.4 Å². The molecule has 3 aromatic heterocycles. The highest BCUT2D eigenvalue weighted by Crippen LogP contribution is 2.38. The Hall–Kier alpha value is -2.64. The monoisotopic (exact) mass is 364 g/mol. The van der Waals surface area contributed by atoms with Gasteiger partial charge in [0, 0.05) is 55.4 Å². The molecule has 0 bridgehead atoms. The van der Waals surface area contributed by atoms with Gasteiger partial charge >= 0.3 is 0 Å². The van der Waals surface area contributed by atoms with Gasteiger partial charge < -0.3 is 16.0 Å². The lowest BCUT2D eigenvalue weighted by molar-refractivity contribution is 0.439. The van der Waals surface area contributed by atoms with E-state index < -0.39 is 0 Å². The summed E-state index contributed by atoms with van der Waals surface area (Å²) < 4.78 is 14.4. The SMILES string of the molecule is NCc1cc2nc(-c3cc(F)cc(N4CCNC5(CC5)C4)n3)ccc2cn1. The van der Waals surface area contributed by atoms with E-state index in [0.29, 0.717) is 23.8 Å². The molecule has 0 atom stereocenters. The van der Waals surface area contributed by atoms with Crippen molar-refractivity contribution in [1.29, 1.82) is 0 Å². The van der Waals surface area contributed by atoms with E-state index in [1.807, 2.05) is 18.2 Å². The van der Waals surface area contributed by atoms with Gasteiger partial charge in [0.05, 0.1) is 22.6 Å². The number of fused-ring (bicyclic) bond motifs is 1. The van der Waals surface area contributed by atoms with Gasteiger partial charge in [0.2, 0.25) is 0 Å². The van der Waals surface area contributed by atoms with Gasteiger partial charge in [-0.15, -0.1) is 0 Å². The number of nitrogens with zero attached hydrogens (tertiary/aromatic N) is 4. The summed E-state index contributed by atoms with van der Waals surface area (Å²) in [6, 6.07) is 8.62. The first kappa shape index (κ1) is 16.5. The summed E-state index contributed by atoms with van der Waals surface area (Å²) in [7, 11) is 0. The van der Waals surface area contributed by atoms with E-state index in [0.717, 1.165) is 36.2 Å². The molecule has 138 valence electrons. The van der Waals surface area contributed by atoms with Gasteiger partial charge in [-0.3, -0.25) is 4.98 Å². The largest absolute Gasteiger partial charge is 0.353 e. The van der Waals surface area contributed by atoms with Crippen LogP contribution in [0.4, 0.5) is 10.2 Å². The first-order chi connectivity index (χ1) is 13.1. The fourth-order valence-corrected chi connectivity index (χ4v) is 3.73. The van der Waals surface area contributed by atoms with Crippen molar-refractivity contribution >= 4 is 16.7 Å². The Kier molecular flexibility index (Phi) is 3.80. The molecular formula is C20H21FN6. The van der Waals surface area contributed by atoms with Crippen LogP contribution in [-0.4, -0.2) is 40.1 Å². The van der Waals surface area contributed by atoms with Crippen LogP contribution in [-0.2, 0) is 6.54 Å². The summed E-state index contributed by atoms with van der Waals surface area (Å²) in [5.41, 5.74) is 8.63. The molecule has 0 aromatic carbocycles. The van der Waals surface area contributed by atoms with Crippen molar-refractivity contribution in [2.45, 2.75) is 24.9 Å². The fraction of sp³-hybridized carbons (Fsp3) is 0.350. The summed E-state index contributed by atoms with van der Waals surface area (Å²) in [5, 5.41) is 4.49. The first-order valence-electron chi connectivity index (χ1n) is 9.28. The Morgan fingerprint density at radius 2 is 2.04 bits per heavy atom. The van der Waals surface area contributed by atoms with Gasteiger partial charge in [0.1, 0.15) is 11.6 Å². The highest BCUT2D eigenvalue weighted by Gasteiger charge is 2.45. The summed E-state index contributed by atoms with van der Waals surface area (Å²) in [4.78, 5) is 15.8. The number of aromatic nitrogens is 3. The van der Waals surface area contributed by atoms with Crippen molar-refractivity contribution < 1.29 is 4.39 Å². The third-order valence-electron chi connectivity index (χ3n) is 5.43. The van der Waals surface area contributed by atoms with Crippen LogP contribution in [0.3, 0.4) is 0 Å². The number of nitrogens with one attached hydrogen (secondary N) is 1. The molecule has 6 nitrogen and oxygen atoms in total. The highest BCUT2D eigenvalue weighted by atomic mass is 19.1. The van der Waals surface area contributed by atoms with Crippen LogP contribution < -0.4 is 16.0 Å². The van der Waals surface area contributed by atoms with E-state index in [1.54, 1.807) is 6.20 Å². The Balaban J connectivity index is 1.53. The van der Waals surface area contributed by atoms with Crippen molar-refractivity contribution in [1.82, 2.24) is 20.3 Å². The number of halogens is 1. The molecule has 1 saturated carbocycles. The van der Waals surface area contributed by atoms with E-state index in [4.69, 9.17) is 10.7 Å². The van der Waals surface area contributed by atoms with Crippen molar-refractivity contribution in [3.8, 4) is 11.4 Å². The molecule has 1 aliphatic carbocycles. The third-order valence-corrected chi connectivity index (χ3v) is 5.43. The van der Waals surface area contributed by atoms with Gasteiger partial charge in [-0.2, -0.15) is 0 Å². The van der Waals surface area contributed by atoms with Crippen LogP contribution in [0.15, 0.2) is 36.5 Å². The minimum absolute atomic E-state index is 0.208. The number of piperazine rings is 1. The molecule has 5 rings (SSSR count). The standard InChI is InChI=1S/C20H21FN6/c21-14-7-18(16-2-1-13-11-23-15(10-22)9-17(13)25-16)26-19(8-14)27-6-5-24-20(12-27)3-4-20/h1-2,7-9,11,24H,3-6,10,12,22H2. The summed E-state index contributed by atoms with van der Waals surface area (Å²) in [6.07, 6.45) is 4.11. The molecule has 2 aliphatic rings. The average molecular weight is 364 g/mol. The zero-order chi connectivity index (χ0) is 18.4. The molecule has 4 heterocycles. The van der Waals surface area contributed by atoms with Crippen LogP contribution in [0, 0.1) is 5.82 Å². The maximum atomic E-state index is 14.4. The number of rotatable bonds is 3. The zero-order valence-corrected chi connectivity index (χ0v) is 15.0. The predicted molar refractivity (Wildman–Crippen MR) is 103 cm³/mol. The molecule has 7 heteroatoms. The molecule has 1 aliphatic heterocycles. The minimum atomic E-state index is -0.294. The maximum Gasteiger partial charge on any atom is 0.132 e. The second-order valence-electron chi connectivity index (χ2n) is 7.43. The second kappa shape index (κ2) is 6.21. The first-order valence-corrected chi connectivity index (χ1v) is 9.28. The molecular weight excluding hydrogens is 343 g/mol. The Labute approximate surface area is 156 Å². The van der Waals surface area contributed by atoms with Gasteiger partial charge in [0.15, 0.2) is 0 Å². The molecule has 1 saturated heterocycles. The number of pyridine rings is 3. The average Bonchev–Trinajstić information content (AvgIpc) is 3.44. The molecule has 0 radical (unpaired) electrons. The van der Waals surface area contributed by atoms with Crippen molar-refractivity contribution in [2.24, 2.45) is 5.73 Å². The van der Waals surface area contributed by atoms with Crippen molar-refractivity contribution in [3.05, 3.63) is 48.0 Å². The number of anilines is 1. The topological polar surface area (TPSA) is 80.0 Å². The van der Waals surface area contributed by atoms with Crippen LogP contribution in [0.1, 0.15) is 18.5 Å². The normalized spacial score (nSPS) is 18.2. The van der Waals surface area contributed by atoms with E-state index >= 15 is 0 Å². The van der Waals surface area contributed by atoms with E-state index in [-0.39, 0.29) is 11.4 Å². The molecule has 3 N–H and O–H groups in total. The van der Waals surface area contributed by atoms with Gasteiger partial charge in [-0.1, -0.05) is 0 Å². The van der Waals surface area contributed by atoms with Crippen molar-refractivity contribution in [2.75, 3.05) is 24.5 Å². The number of hydrogen-bond donors (Lipinski definition) is 2. The van der Waals surface area contributed by atoms with Crippen LogP contribution in [0.5, 0.6) is 0 Å². The Morgan fingerprint density at radius 1 is 1.15 bits per heavy atom. The van der Waals surface area contributed by atoms with Gasteiger partial charge in [-0.05, 0) is 31.0 Å². The van der Waals surface area contributed by atoms with E-state index in [9.17, 15) is 4.39 Å².